The van der Waals surface area contributed by atoms with Crippen LogP contribution in [-0.4, -0.2) is 30.2 Å². The third kappa shape index (κ3) is 4.65. The van der Waals surface area contributed by atoms with Crippen LogP contribution in [0.25, 0.3) is 22.0 Å². The predicted octanol–water partition coefficient (Wildman–Crippen LogP) is 7.32. The molecule has 0 amide bonds. The van der Waals surface area contributed by atoms with Gasteiger partial charge in [-0.15, -0.1) is 0 Å². The zero-order valence-electron chi connectivity index (χ0n) is 22.4. The molecule has 0 saturated heterocycles. The van der Waals surface area contributed by atoms with Crippen LogP contribution in [0.1, 0.15) is 36.7 Å². The molecule has 5 aromatic rings. The van der Waals surface area contributed by atoms with Gasteiger partial charge < -0.3 is 19.4 Å². The van der Waals surface area contributed by atoms with E-state index in [-0.39, 0.29) is 18.1 Å². The average Bonchev–Trinajstić information content (AvgIpc) is 3.35. The van der Waals surface area contributed by atoms with E-state index in [1.165, 1.54) is 5.56 Å². The second kappa shape index (κ2) is 10.3. The number of benzene rings is 4. The molecule has 0 spiro atoms. The van der Waals surface area contributed by atoms with Crippen LogP contribution in [0.15, 0.2) is 103 Å². The lowest BCUT2D eigenvalue weighted by Gasteiger charge is -2.43. The molecule has 196 valence electrons. The molecule has 1 aliphatic rings. The number of carbonyl (C=O) groups is 1. The van der Waals surface area contributed by atoms with Crippen molar-refractivity contribution in [2.75, 3.05) is 12.0 Å². The summed E-state index contributed by atoms with van der Waals surface area (Å²) in [5.41, 5.74) is 7.67. The minimum Gasteiger partial charge on any atom is -0.497 e. The van der Waals surface area contributed by atoms with Gasteiger partial charge in [-0.05, 0) is 66.4 Å². The van der Waals surface area contributed by atoms with Crippen molar-refractivity contribution in [3.63, 3.8) is 0 Å². The Balaban J connectivity index is 1.49. The maximum atomic E-state index is 13.7. The number of carbonyl (C=O) groups excluding carboxylic acids is 1. The molecule has 4 aromatic carbocycles. The van der Waals surface area contributed by atoms with Gasteiger partial charge in [0, 0.05) is 28.7 Å². The fourth-order valence-electron chi connectivity index (χ4n) is 5.69. The molecule has 0 radical (unpaired) electrons. The smallest absolute Gasteiger partial charge is 0.329 e. The molecule has 0 saturated carbocycles. The maximum Gasteiger partial charge on any atom is 0.329 e. The van der Waals surface area contributed by atoms with Gasteiger partial charge in [0.15, 0.2) is 0 Å². The first-order valence-corrected chi connectivity index (χ1v) is 13.4. The minimum atomic E-state index is -0.476. The van der Waals surface area contributed by atoms with Crippen LogP contribution in [0.2, 0.25) is 0 Å². The Morgan fingerprint density at radius 2 is 1.49 bits per heavy atom. The van der Waals surface area contributed by atoms with E-state index in [0.717, 1.165) is 44.7 Å². The van der Waals surface area contributed by atoms with Crippen molar-refractivity contribution in [1.82, 2.24) is 4.98 Å². The van der Waals surface area contributed by atoms with Gasteiger partial charge in [-0.25, -0.2) is 4.79 Å². The topological polar surface area (TPSA) is 54.6 Å². The van der Waals surface area contributed by atoms with Crippen molar-refractivity contribution in [1.29, 1.82) is 0 Å². The average molecular weight is 517 g/mol. The summed E-state index contributed by atoms with van der Waals surface area (Å²) in [5, 5.41) is 1.16. The summed E-state index contributed by atoms with van der Waals surface area (Å²) < 4.78 is 11.2. The summed E-state index contributed by atoms with van der Waals surface area (Å²) in [5.74, 6) is 0.621. The van der Waals surface area contributed by atoms with Crippen LogP contribution in [0, 0.1) is 0 Å². The van der Waals surface area contributed by atoms with Gasteiger partial charge in [-0.1, -0.05) is 72.8 Å². The van der Waals surface area contributed by atoms with Crippen LogP contribution in [0.5, 0.6) is 5.75 Å². The van der Waals surface area contributed by atoms with E-state index in [0.29, 0.717) is 6.42 Å². The summed E-state index contributed by atoms with van der Waals surface area (Å²) in [4.78, 5) is 19.6. The molecule has 1 aromatic heterocycles. The molecule has 0 fully saturated rings. The lowest BCUT2D eigenvalue weighted by atomic mass is 9.87. The number of aromatic amines is 1. The van der Waals surface area contributed by atoms with Crippen molar-refractivity contribution in [3.8, 4) is 16.9 Å². The molecule has 0 aliphatic carbocycles. The molecular weight excluding hydrogens is 484 g/mol. The Morgan fingerprint density at radius 3 is 2.15 bits per heavy atom. The van der Waals surface area contributed by atoms with E-state index in [1.807, 2.05) is 38.1 Å². The Morgan fingerprint density at radius 1 is 0.846 bits per heavy atom. The number of para-hydroxylation sites is 1. The second-order valence-electron chi connectivity index (χ2n) is 10.3. The quantitative estimate of drug-likeness (QED) is 0.240. The fourth-order valence-corrected chi connectivity index (χ4v) is 5.69. The number of ether oxygens (including phenoxy) is 2. The van der Waals surface area contributed by atoms with E-state index in [9.17, 15) is 4.79 Å². The molecule has 5 nitrogen and oxygen atoms in total. The number of esters is 1. The van der Waals surface area contributed by atoms with E-state index in [4.69, 9.17) is 9.47 Å². The standard InChI is InChI=1S/C34H32N2O3/c1-22(2)39-34(37)31-21-29-28-11-7-8-12-30(28)35-32(29)33(25-9-5-4-6-10-25)36(31)26-17-13-23(14-18-26)24-15-19-27(38-3)20-16-24/h4-20,22,31,33,35H,21H2,1-3H3/t31-,33+/m0/s1. The molecule has 2 heterocycles. The molecule has 1 N–H and O–H groups in total. The zero-order valence-corrected chi connectivity index (χ0v) is 22.4. The number of anilines is 1. The Bertz CT molecular complexity index is 1590. The summed E-state index contributed by atoms with van der Waals surface area (Å²) >= 11 is 0. The monoisotopic (exact) mass is 516 g/mol. The molecule has 6 rings (SSSR count). The number of aromatic nitrogens is 1. The first-order valence-electron chi connectivity index (χ1n) is 13.4. The summed E-state index contributed by atoms with van der Waals surface area (Å²) in [6.07, 6.45) is 0.366. The van der Waals surface area contributed by atoms with Crippen LogP contribution in [0.3, 0.4) is 0 Å². The molecule has 0 unspecified atom stereocenters. The van der Waals surface area contributed by atoms with Crippen molar-refractivity contribution in [2.24, 2.45) is 0 Å². The Hall–Kier alpha value is -4.51. The van der Waals surface area contributed by atoms with E-state index >= 15 is 0 Å². The number of rotatable bonds is 6. The van der Waals surface area contributed by atoms with Crippen molar-refractivity contribution >= 4 is 22.6 Å². The predicted molar refractivity (Wildman–Crippen MR) is 156 cm³/mol. The van der Waals surface area contributed by atoms with Gasteiger partial charge in [0.1, 0.15) is 11.8 Å². The van der Waals surface area contributed by atoms with Gasteiger partial charge in [-0.3, -0.25) is 0 Å². The van der Waals surface area contributed by atoms with Gasteiger partial charge >= 0.3 is 5.97 Å². The number of hydrogen-bond donors (Lipinski definition) is 1. The third-order valence-electron chi connectivity index (χ3n) is 7.46. The lowest BCUT2D eigenvalue weighted by Crippen LogP contribution is -2.50. The zero-order chi connectivity index (χ0) is 26.9. The first-order chi connectivity index (χ1) is 19.0. The van der Waals surface area contributed by atoms with E-state index in [1.54, 1.807) is 7.11 Å². The summed E-state index contributed by atoms with van der Waals surface area (Å²) in [6.45, 7) is 3.81. The second-order valence-corrected chi connectivity index (χ2v) is 10.3. The van der Waals surface area contributed by atoms with Gasteiger partial charge in [0.05, 0.1) is 19.3 Å². The number of hydrogen-bond acceptors (Lipinski definition) is 4. The Kier molecular flexibility index (Phi) is 6.57. The maximum absolute atomic E-state index is 13.7. The van der Waals surface area contributed by atoms with Crippen LogP contribution in [-0.2, 0) is 16.0 Å². The number of nitrogens with zero attached hydrogens (tertiary/aromatic N) is 1. The van der Waals surface area contributed by atoms with E-state index in [2.05, 4.69) is 88.7 Å². The molecular formula is C34H32N2O3. The number of H-pyrrole nitrogens is 1. The van der Waals surface area contributed by atoms with Crippen molar-refractivity contribution in [2.45, 2.75) is 38.5 Å². The highest BCUT2D eigenvalue weighted by molar-refractivity contribution is 5.90. The first kappa shape index (κ1) is 24.8. The molecule has 1 aliphatic heterocycles. The lowest BCUT2D eigenvalue weighted by molar-refractivity contribution is -0.149. The number of nitrogens with one attached hydrogen (secondary N) is 1. The molecule has 0 bridgehead atoms. The van der Waals surface area contributed by atoms with Crippen LogP contribution < -0.4 is 9.64 Å². The van der Waals surface area contributed by atoms with Gasteiger partial charge in [0.25, 0.3) is 0 Å². The number of fused-ring (bicyclic) bond motifs is 3. The molecule has 5 heteroatoms. The van der Waals surface area contributed by atoms with Gasteiger partial charge in [-0.2, -0.15) is 0 Å². The van der Waals surface area contributed by atoms with Crippen molar-refractivity contribution in [3.05, 3.63) is 120 Å². The van der Waals surface area contributed by atoms with Crippen LogP contribution in [0.4, 0.5) is 5.69 Å². The normalized spacial score (nSPS) is 16.8. The van der Waals surface area contributed by atoms with Crippen molar-refractivity contribution < 1.29 is 14.3 Å². The Labute approximate surface area is 229 Å². The summed E-state index contributed by atoms with van der Waals surface area (Å²) in [7, 11) is 1.67. The molecule has 2 atom stereocenters. The van der Waals surface area contributed by atoms with Gasteiger partial charge in [0.2, 0.25) is 0 Å². The highest BCUT2D eigenvalue weighted by Gasteiger charge is 2.42. The third-order valence-corrected chi connectivity index (χ3v) is 7.46. The number of methoxy groups -OCH3 is 1. The molecule has 39 heavy (non-hydrogen) atoms. The SMILES string of the molecule is COc1ccc(-c2ccc(N3[C@H](c4ccccc4)c4[nH]c5ccccc5c4C[C@H]3C(=O)OC(C)C)cc2)cc1. The fraction of sp³-hybridized carbons (Fsp3) is 0.206. The van der Waals surface area contributed by atoms with E-state index < -0.39 is 6.04 Å². The minimum absolute atomic E-state index is 0.182. The highest BCUT2D eigenvalue weighted by Crippen LogP contribution is 2.44. The van der Waals surface area contributed by atoms with Crippen LogP contribution >= 0.6 is 0 Å². The largest absolute Gasteiger partial charge is 0.497 e. The summed E-state index contributed by atoms with van der Waals surface area (Å²) in [6, 6.07) is 34.6. The highest BCUT2D eigenvalue weighted by atomic mass is 16.5.